The van der Waals surface area contributed by atoms with Crippen molar-refractivity contribution in [2.75, 3.05) is 13.2 Å². The van der Waals surface area contributed by atoms with Crippen LogP contribution in [0.5, 0.6) is 5.75 Å². The molecule has 2 aromatic carbocycles. The van der Waals surface area contributed by atoms with Crippen LogP contribution in [0.25, 0.3) is 0 Å². The molecule has 3 N–H and O–H groups in total. The first kappa shape index (κ1) is 24.3. The summed E-state index contributed by atoms with van der Waals surface area (Å²) in [5, 5.41) is 17.1. The van der Waals surface area contributed by atoms with Crippen LogP contribution in [0, 0.1) is 0 Å². The average molecular weight is 478 g/mol. The first-order valence-corrected chi connectivity index (χ1v) is 10.8. The Balaban J connectivity index is 1.42. The second-order valence-electron chi connectivity index (χ2n) is 7.06. The van der Waals surface area contributed by atoms with Crippen LogP contribution in [0.15, 0.2) is 66.0 Å². The Kier molecular flexibility index (Phi) is 8.07. The summed E-state index contributed by atoms with van der Waals surface area (Å²) in [5.74, 6) is -0.632. The molecule has 0 aliphatic rings. The number of rotatable bonds is 9. The summed E-state index contributed by atoms with van der Waals surface area (Å²) in [6.45, 7) is -0.120. The summed E-state index contributed by atoms with van der Waals surface area (Å²) in [6, 6.07) is 14.4. The lowest BCUT2D eigenvalue weighted by molar-refractivity contribution is -0.137. The maximum Gasteiger partial charge on any atom is 0.416 e. The number of benzene rings is 2. The lowest BCUT2D eigenvalue weighted by Crippen LogP contribution is -2.35. The Bertz CT molecular complexity index is 1070. The van der Waals surface area contributed by atoms with Crippen molar-refractivity contribution in [2.24, 2.45) is 0 Å². The van der Waals surface area contributed by atoms with Crippen molar-refractivity contribution < 1.29 is 32.6 Å². The Morgan fingerprint density at radius 1 is 1.00 bits per heavy atom. The number of hydrogen-bond donors (Lipinski definition) is 3. The molecule has 1 atom stereocenters. The van der Waals surface area contributed by atoms with Crippen LogP contribution in [0.1, 0.15) is 31.2 Å². The van der Waals surface area contributed by atoms with Crippen molar-refractivity contribution in [1.82, 2.24) is 10.6 Å². The molecule has 0 saturated heterocycles. The Hall–Kier alpha value is -3.37. The first-order chi connectivity index (χ1) is 15.7. The van der Waals surface area contributed by atoms with Crippen molar-refractivity contribution in [3.05, 3.63) is 87.6 Å². The molecule has 0 bridgehead atoms. The maximum absolute atomic E-state index is 12.7. The molecule has 0 radical (unpaired) electrons. The number of thiophene rings is 1. The van der Waals surface area contributed by atoms with Crippen LogP contribution in [-0.2, 0) is 12.7 Å². The van der Waals surface area contributed by atoms with Gasteiger partial charge in [0.05, 0.1) is 10.4 Å². The smallest absolute Gasteiger partial charge is 0.416 e. The Morgan fingerprint density at radius 3 is 2.42 bits per heavy atom. The topological polar surface area (TPSA) is 87.7 Å². The van der Waals surface area contributed by atoms with Crippen LogP contribution in [0.4, 0.5) is 13.2 Å². The molecular weight excluding hydrogens is 457 g/mol. The molecule has 174 valence electrons. The van der Waals surface area contributed by atoms with E-state index >= 15 is 0 Å². The highest BCUT2D eigenvalue weighted by Gasteiger charge is 2.30. The monoisotopic (exact) mass is 478 g/mol. The molecule has 6 nitrogen and oxygen atoms in total. The number of alkyl halides is 3. The van der Waals surface area contributed by atoms with Gasteiger partial charge in [-0.1, -0.05) is 24.3 Å². The van der Waals surface area contributed by atoms with Crippen LogP contribution >= 0.6 is 11.3 Å². The minimum atomic E-state index is -4.49. The summed E-state index contributed by atoms with van der Waals surface area (Å²) in [5.41, 5.74) is 0.317. The molecule has 0 saturated carbocycles. The molecule has 10 heteroatoms. The van der Waals surface area contributed by atoms with Gasteiger partial charge in [0.25, 0.3) is 11.8 Å². The number of amides is 2. The summed E-state index contributed by atoms with van der Waals surface area (Å²) in [7, 11) is 0. The van der Waals surface area contributed by atoms with E-state index in [0.717, 1.165) is 17.7 Å². The van der Waals surface area contributed by atoms with Crippen molar-refractivity contribution >= 4 is 23.2 Å². The number of hydrogen-bond acceptors (Lipinski definition) is 5. The summed E-state index contributed by atoms with van der Waals surface area (Å²) >= 11 is 1.34. The van der Waals surface area contributed by atoms with Crippen molar-refractivity contribution in [2.45, 2.75) is 18.8 Å². The van der Waals surface area contributed by atoms with Gasteiger partial charge in [0, 0.05) is 18.7 Å². The molecule has 0 aliphatic heterocycles. The van der Waals surface area contributed by atoms with E-state index in [-0.39, 0.29) is 24.8 Å². The predicted octanol–water partition coefficient (Wildman–Crippen LogP) is 3.87. The van der Waals surface area contributed by atoms with E-state index in [1.54, 1.807) is 36.4 Å². The molecule has 3 rings (SSSR count). The number of carbonyl (C=O) groups excluding carboxylic acids is 2. The van der Waals surface area contributed by atoms with Gasteiger partial charge >= 0.3 is 6.18 Å². The highest BCUT2D eigenvalue weighted by atomic mass is 32.1. The molecule has 1 unspecified atom stereocenters. The summed E-state index contributed by atoms with van der Waals surface area (Å²) in [4.78, 5) is 24.8. The second kappa shape index (κ2) is 11.0. The van der Waals surface area contributed by atoms with Crippen molar-refractivity contribution in [3.63, 3.8) is 0 Å². The number of nitrogens with one attached hydrogen (secondary N) is 2. The minimum absolute atomic E-state index is 0.0306. The molecule has 1 aromatic heterocycles. The third-order valence-corrected chi connectivity index (χ3v) is 5.38. The first-order valence-electron chi connectivity index (χ1n) is 9.89. The standard InChI is InChI=1S/C23H21F3N2O4S/c24-23(25,26)17-3-1-4-19(11-17)32-14-18(29)13-28-21(30)16-8-6-15(7-9-16)12-27-22(31)20-5-2-10-33-20/h1-11,18,29H,12-14H2,(H,27,31)(H,28,30). The third-order valence-electron chi connectivity index (χ3n) is 4.52. The third kappa shape index (κ3) is 7.33. The van der Waals surface area contributed by atoms with Gasteiger partial charge in [-0.25, -0.2) is 0 Å². The summed E-state index contributed by atoms with van der Waals surface area (Å²) in [6.07, 6.45) is -5.60. The van der Waals surface area contributed by atoms with Crippen LogP contribution in [-0.4, -0.2) is 36.2 Å². The van der Waals surface area contributed by atoms with Gasteiger partial charge in [0.1, 0.15) is 18.5 Å². The fourth-order valence-corrected chi connectivity index (χ4v) is 3.42. The highest BCUT2D eigenvalue weighted by molar-refractivity contribution is 7.12. The predicted molar refractivity (Wildman–Crippen MR) is 117 cm³/mol. The molecule has 0 spiro atoms. The number of aliphatic hydroxyl groups is 1. The largest absolute Gasteiger partial charge is 0.491 e. The normalized spacial score (nSPS) is 12.1. The van der Waals surface area contributed by atoms with E-state index in [0.29, 0.717) is 17.0 Å². The number of aliphatic hydroxyl groups excluding tert-OH is 1. The molecule has 33 heavy (non-hydrogen) atoms. The van der Waals surface area contributed by atoms with Gasteiger partial charge in [0.15, 0.2) is 0 Å². The van der Waals surface area contributed by atoms with Gasteiger partial charge in [-0.2, -0.15) is 13.2 Å². The number of halogens is 3. The van der Waals surface area contributed by atoms with Crippen molar-refractivity contribution in [3.8, 4) is 5.75 Å². The molecule has 0 fully saturated rings. The number of ether oxygens (including phenoxy) is 1. The van der Waals surface area contributed by atoms with Crippen molar-refractivity contribution in [1.29, 1.82) is 0 Å². The highest BCUT2D eigenvalue weighted by Crippen LogP contribution is 2.31. The van der Waals surface area contributed by atoms with E-state index in [2.05, 4.69) is 10.6 Å². The maximum atomic E-state index is 12.7. The summed E-state index contributed by atoms with van der Waals surface area (Å²) < 4.78 is 43.4. The van der Waals surface area contributed by atoms with Gasteiger partial charge in [-0.05, 0) is 47.3 Å². The van der Waals surface area contributed by atoms with E-state index < -0.39 is 23.8 Å². The fraction of sp³-hybridized carbons (Fsp3) is 0.217. The van der Waals surface area contributed by atoms with E-state index in [9.17, 15) is 27.9 Å². The van der Waals surface area contributed by atoms with Gasteiger partial charge < -0.3 is 20.5 Å². The SMILES string of the molecule is O=C(NCC(O)COc1cccc(C(F)(F)F)c1)c1ccc(CNC(=O)c2cccs2)cc1. The Morgan fingerprint density at radius 2 is 1.76 bits per heavy atom. The zero-order valence-electron chi connectivity index (χ0n) is 17.3. The zero-order chi connectivity index (χ0) is 23.8. The van der Waals surface area contributed by atoms with Gasteiger partial charge in [-0.15, -0.1) is 11.3 Å². The van der Waals surface area contributed by atoms with E-state index in [4.69, 9.17) is 4.74 Å². The van der Waals surface area contributed by atoms with Gasteiger partial charge in [0.2, 0.25) is 0 Å². The lowest BCUT2D eigenvalue weighted by atomic mass is 10.1. The van der Waals surface area contributed by atoms with Crippen LogP contribution in [0.2, 0.25) is 0 Å². The molecule has 0 aliphatic carbocycles. The molecular formula is C23H21F3N2O4S. The minimum Gasteiger partial charge on any atom is -0.491 e. The molecule has 1 heterocycles. The molecule has 3 aromatic rings. The van der Waals surface area contributed by atoms with E-state index in [1.165, 1.54) is 23.5 Å². The lowest BCUT2D eigenvalue weighted by Gasteiger charge is -2.14. The van der Waals surface area contributed by atoms with Crippen LogP contribution in [0.3, 0.4) is 0 Å². The van der Waals surface area contributed by atoms with Crippen LogP contribution < -0.4 is 15.4 Å². The van der Waals surface area contributed by atoms with E-state index in [1.807, 2.05) is 5.38 Å². The second-order valence-corrected chi connectivity index (χ2v) is 8.01. The Labute approximate surface area is 192 Å². The number of carbonyl (C=O) groups is 2. The zero-order valence-corrected chi connectivity index (χ0v) is 18.1. The fourth-order valence-electron chi connectivity index (χ4n) is 2.78. The van der Waals surface area contributed by atoms with Gasteiger partial charge in [-0.3, -0.25) is 9.59 Å². The quantitative estimate of drug-likeness (QED) is 0.436. The molecule has 2 amide bonds. The average Bonchev–Trinajstić information content (AvgIpc) is 3.35.